The van der Waals surface area contributed by atoms with Crippen LogP contribution in [0, 0.1) is 5.82 Å². The topological polar surface area (TPSA) is 29.1 Å². The number of benzene rings is 1. The smallest absolute Gasteiger partial charge is 0.255 e. The van der Waals surface area contributed by atoms with Crippen molar-refractivity contribution < 1.29 is 9.18 Å². The number of carbonyl (C=O) groups is 1. The van der Waals surface area contributed by atoms with E-state index in [2.05, 4.69) is 21.2 Å². The zero-order valence-electron chi connectivity index (χ0n) is 9.76. The van der Waals surface area contributed by atoms with Gasteiger partial charge in [-0.3, -0.25) is 4.79 Å². The SMILES string of the molecule is O=C(NC1CCC(Br)CC1)c1c(F)cccc1Cl. The molecule has 0 saturated heterocycles. The Labute approximate surface area is 119 Å². The van der Waals surface area contributed by atoms with Crippen LogP contribution in [0.5, 0.6) is 0 Å². The molecule has 0 radical (unpaired) electrons. The van der Waals surface area contributed by atoms with Crippen molar-refractivity contribution in [1.82, 2.24) is 5.32 Å². The zero-order chi connectivity index (χ0) is 13.1. The second kappa shape index (κ2) is 6.02. The van der Waals surface area contributed by atoms with Crippen LogP contribution in [0.25, 0.3) is 0 Å². The molecule has 1 fully saturated rings. The van der Waals surface area contributed by atoms with Gasteiger partial charge in [0.05, 0.1) is 10.6 Å². The Morgan fingerprint density at radius 1 is 1.33 bits per heavy atom. The van der Waals surface area contributed by atoms with Gasteiger partial charge in [0.25, 0.3) is 5.91 Å². The van der Waals surface area contributed by atoms with Crippen molar-refractivity contribution in [2.45, 2.75) is 36.6 Å². The van der Waals surface area contributed by atoms with Crippen LogP contribution in [0.3, 0.4) is 0 Å². The highest BCUT2D eigenvalue weighted by Crippen LogP contribution is 2.25. The van der Waals surface area contributed by atoms with Crippen molar-refractivity contribution in [2.24, 2.45) is 0 Å². The van der Waals surface area contributed by atoms with Gasteiger partial charge >= 0.3 is 0 Å². The molecule has 1 aliphatic carbocycles. The number of hydrogen-bond donors (Lipinski definition) is 1. The van der Waals surface area contributed by atoms with E-state index in [9.17, 15) is 9.18 Å². The van der Waals surface area contributed by atoms with Crippen LogP contribution in [0.2, 0.25) is 5.02 Å². The summed E-state index contributed by atoms with van der Waals surface area (Å²) in [7, 11) is 0. The third-order valence-corrected chi connectivity index (χ3v) is 4.41. The van der Waals surface area contributed by atoms with Crippen LogP contribution in [0.4, 0.5) is 4.39 Å². The average molecular weight is 335 g/mol. The Bertz CT molecular complexity index is 426. The maximum absolute atomic E-state index is 13.6. The molecule has 2 rings (SSSR count). The van der Waals surface area contributed by atoms with Crippen molar-refractivity contribution in [3.05, 3.63) is 34.6 Å². The Kier molecular flexibility index (Phi) is 4.62. The maximum Gasteiger partial charge on any atom is 0.255 e. The van der Waals surface area contributed by atoms with Gasteiger partial charge in [0.2, 0.25) is 0 Å². The molecule has 5 heteroatoms. The molecular formula is C13H14BrClFNO. The highest BCUT2D eigenvalue weighted by Gasteiger charge is 2.23. The fraction of sp³-hybridized carbons (Fsp3) is 0.462. The quantitative estimate of drug-likeness (QED) is 0.816. The van der Waals surface area contributed by atoms with E-state index in [1.165, 1.54) is 18.2 Å². The summed E-state index contributed by atoms with van der Waals surface area (Å²) in [5.74, 6) is -0.995. The lowest BCUT2D eigenvalue weighted by atomic mass is 9.95. The van der Waals surface area contributed by atoms with Gasteiger partial charge in [0, 0.05) is 10.9 Å². The lowest BCUT2D eigenvalue weighted by molar-refractivity contribution is 0.0924. The first kappa shape index (κ1) is 13.8. The van der Waals surface area contributed by atoms with Gasteiger partial charge < -0.3 is 5.32 Å². The molecule has 0 bridgehead atoms. The zero-order valence-corrected chi connectivity index (χ0v) is 12.1. The van der Waals surface area contributed by atoms with Gasteiger partial charge in [-0.2, -0.15) is 0 Å². The molecule has 98 valence electrons. The Morgan fingerprint density at radius 2 is 2.00 bits per heavy atom. The van der Waals surface area contributed by atoms with Crippen LogP contribution in [-0.2, 0) is 0 Å². The van der Waals surface area contributed by atoms with Crippen LogP contribution in [0.1, 0.15) is 36.0 Å². The Hall–Kier alpha value is -0.610. The fourth-order valence-corrected chi connectivity index (χ4v) is 2.95. The number of halogens is 3. The Morgan fingerprint density at radius 3 is 2.61 bits per heavy atom. The summed E-state index contributed by atoms with van der Waals surface area (Å²) >= 11 is 9.41. The Balaban J connectivity index is 2.04. The van der Waals surface area contributed by atoms with E-state index in [1.807, 2.05) is 0 Å². The van der Waals surface area contributed by atoms with Crippen LogP contribution in [-0.4, -0.2) is 16.8 Å². The summed E-state index contributed by atoms with van der Waals surface area (Å²) in [6.45, 7) is 0. The molecule has 1 aromatic carbocycles. The normalized spacial score (nSPS) is 23.7. The number of nitrogens with one attached hydrogen (secondary N) is 1. The average Bonchev–Trinajstić information content (AvgIpc) is 2.32. The van der Waals surface area contributed by atoms with Crippen molar-refractivity contribution in [2.75, 3.05) is 0 Å². The van der Waals surface area contributed by atoms with Crippen LogP contribution >= 0.6 is 27.5 Å². The lowest BCUT2D eigenvalue weighted by Gasteiger charge is -2.26. The van der Waals surface area contributed by atoms with E-state index in [4.69, 9.17) is 11.6 Å². The predicted octanol–water partition coefficient (Wildman–Crippen LogP) is 3.92. The largest absolute Gasteiger partial charge is 0.349 e. The minimum Gasteiger partial charge on any atom is -0.349 e. The van der Waals surface area contributed by atoms with Gasteiger partial charge in [-0.15, -0.1) is 0 Å². The summed E-state index contributed by atoms with van der Waals surface area (Å²) in [4.78, 5) is 12.5. The molecule has 1 amide bonds. The summed E-state index contributed by atoms with van der Waals surface area (Å²) < 4.78 is 13.6. The second-order valence-electron chi connectivity index (χ2n) is 4.52. The molecule has 18 heavy (non-hydrogen) atoms. The summed E-state index contributed by atoms with van der Waals surface area (Å²) in [6, 6.07) is 4.37. The molecule has 0 spiro atoms. The van der Waals surface area contributed by atoms with Crippen molar-refractivity contribution in [3.63, 3.8) is 0 Å². The molecule has 0 heterocycles. The van der Waals surface area contributed by atoms with Gasteiger partial charge in [-0.05, 0) is 37.8 Å². The number of rotatable bonds is 2. The van der Waals surface area contributed by atoms with Crippen molar-refractivity contribution in [3.8, 4) is 0 Å². The maximum atomic E-state index is 13.6. The van der Waals surface area contributed by atoms with Crippen molar-refractivity contribution >= 4 is 33.4 Å². The van der Waals surface area contributed by atoms with Crippen molar-refractivity contribution in [1.29, 1.82) is 0 Å². The minimum atomic E-state index is -0.575. The van der Waals surface area contributed by atoms with Gasteiger partial charge in [0.1, 0.15) is 5.82 Å². The lowest BCUT2D eigenvalue weighted by Crippen LogP contribution is -2.38. The molecule has 1 aliphatic rings. The standard InChI is InChI=1S/C13H14BrClFNO/c14-8-4-6-9(7-5-8)17-13(18)12-10(15)2-1-3-11(12)16/h1-3,8-9H,4-7H2,(H,17,18). The van der Waals surface area contributed by atoms with Crippen LogP contribution in [0.15, 0.2) is 18.2 Å². The number of carbonyl (C=O) groups excluding carboxylic acids is 1. The second-order valence-corrected chi connectivity index (χ2v) is 6.22. The first-order chi connectivity index (χ1) is 8.58. The van der Waals surface area contributed by atoms with Gasteiger partial charge in [-0.25, -0.2) is 4.39 Å². The number of amides is 1. The molecule has 0 unspecified atom stereocenters. The molecular weight excluding hydrogens is 321 g/mol. The summed E-state index contributed by atoms with van der Waals surface area (Å²) in [5, 5.41) is 3.01. The number of alkyl halides is 1. The van der Waals surface area contributed by atoms with E-state index in [-0.39, 0.29) is 16.6 Å². The van der Waals surface area contributed by atoms with E-state index in [0.717, 1.165) is 25.7 Å². The molecule has 0 aliphatic heterocycles. The summed E-state index contributed by atoms with van der Waals surface area (Å²) in [5.41, 5.74) is -0.0554. The van der Waals surface area contributed by atoms with E-state index in [0.29, 0.717) is 4.83 Å². The van der Waals surface area contributed by atoms with E-state index >= 15 is 0 Å². The summed E-state index contributed by atoms with van der Waals surface area (Å²) in [6.07, 6.45) is 3.87. The van der Waals surface area contributed by atoms with Gasteiger partial charge in [0.15, 0.2) is 0 Å². The molecule has 1 aromatic rings. The first-order valence-corrected chi connectivity index (χ1v) is 7.26. The van der Waals surface area contributed by atoms with E-state index in [1.54, 1.807) is 0 Å². The van der Waals surface area contributed by atoms with Crippen LogP contribution < -0.4 is 5.32 Å². The highest BCUT2D eigenvalue weighted by atomic mass is 79.9. The first-order valence-electron chi connectivity index (χ1n) is 5.97. The minimum absolute atomic E-state index is 0.0554. The molecule has 1 N–H and O–H groups in total. The molecule has 2 nitrogen and oxygen atoms in total. The highest BCUT2D eigenvalue weighted by molar-refractivity contribution is 9.09. The third kappa shape index (κ3) is 3.23. The fourth-order valence-electron chi connectivity index (χ4n) is 2.17. The molecule has 0 aromatic heterocycles. The molecule has 1 saturated carbocycles. The predicted molar refractivity (Wildman–Crippen MR) is 73.8 cm³/mol. The third-order valence-electron chi connectivity index (χ3n) is 3.18. The van der Waals surface area contributed by atoms with Gasteiger partial charge in [-0.1, -0.05) is 33.6 Å². The molecule has 0 atom stereocenters. The van der Waals surface area contributed by atoms with E-state index < -0.39 is 11.7 Å². The number of hydrogen-bond acceptors (Lipinski definition) is 1. The monoisotopic (exact) mass is 333 g/mol.